The number of carbonyl (C=O) groups excluding carboxylic acids is 2. The zero-order valence-corrected chi connectivity index (χ0v) is 16.0. The average molecular weight is 383 g/mol. The van der Waals surface area contributed by atoms with Gasteiger partial charge in [-0.1, -0.05) is 23.7 Å². The molecule has 0 bridgehead atoms. The van der Waals surface area contributed by atoms with Crippen LogP contribution >= 0.6 is 11.6 Å². The Morgan fingerprint density at radius 3 is 2.54 bits per heavy atom. The number of amides is 1. The molecule has 0 radical (unpaired) electrons. The van der Waals surface area contributed by atoms with E-state index in [1.54, 1.807) is 24.0 Å². The molecular formula is C19H27ClN2O4. The number of nitrogens with zero attached hydrogens (tertiary/aromatic N) is 2. The molecule has 1 aliphatic rings. The van der Waals surface area contributed by atoms with Gasteiger partial charge in [0.15, 0.2) is 0 Å². The number of esters is 1. The SMILES string of the molecule is CCOC(=O)CCN(CCN1CCOCC1)C(=O)Cc1ccc(Cl)cc1. The smallest absolute Gasteiger partial charge is 0.307 e. The Bertz CT molecular complexity index is 573. The van der Waals surface area contributed by atoms with Gasteiger partial charge in [-0.25, -0.2) is 0 Å². The van der Waals surface area contributed by atoms with E-state index < -0.39 is 0 Å². The van der Waals surface area contributed by atoms with Crippen LogP contribution in [0.1, 0.15) is 18.9 Å². The molecule has 0 aliphatic carbocycles. The second-order valence-electron chi connectivity index (χ2n) is 6.19. The average Bonchev–Trinajstić information content (AvgIpc) is 2.64. The molecule has 7 heteroatoms. The molecule has 1 amide bonds. The van der Waals surface area contributed by atoms with E-state index >= 15 is 0 Å². The number of rotatable bonds is 9. The summed E-state index contributed by atoms with van der Waals surface area (Å²) in [5.41, 5.74) is 0.909. The van der Waals surface area contributed by atoms with Crippen LogP contribution in [0.2, 0.25) is 5.02 Å². The summed E-state index contributed by atoms with van der Waals surface area (Å²) in [5, 5.41) is 0.646. The lowest BCUT2D eigenvalue weighted by atomic mass is 10.1. The van der Waals surface area contributed by atoms with E-state index in [1.807, 2.05) is 12.1 Å². The molecule has 1 fully saturated rings. The molecule has 144 valence electrons. The van der Waals surface area contributed by atoms with Crippen molar-refractivity contribution in [3.63, 3.8) is 0 Å². The number of ether oxygens (including phenoxy) is 2. The van der Waals surface area contributed by atoms with Gasteiger partial charge in [0.05, 0.1) is 32.7 Å². The van der Waals surface area contributed by atoms with Crippen LogP contribution in [0.5, 0.6) is 0 Å². The Labute approximate surface area is 160 Å². The molecule has 0 atom stereocenters. The van der Waals surface area contributed by atoms with E-state index in [1.165, 1.54) is 0 Å². The molecule has 2 rings (SSSR count). The lowest BCUT2D eigenvalue weighted by molar-refractivity contribution is -0.144. The fraction of sp³-hybridized carbons (Fsp3) is 0.579. The fourth-order valence-corrected chi connectivity index (χ4v) is 2.92. The summed E-state index contributed by atoms with van der Waals surface area (Å²) in [4.78, 5) is 28.4. The Morgan fingerprint density at radius 1 is 1.19 bits per heavy atom. The van der Waals surface area contributed by atoms with Crippen LogP contribution < -0.4 is 0 Å². The Hall–Kier alpha value is -1.63. The minimum atomic E-state index is -0.275. The third-order valence-electron chi connectivity index (χ3n) is 4.30. The highest BCUT2D eigenvalue weighted by molar-refractivity contribution is 6.30. The van der Waals surface area contributed by atoms with Crippen LogP contribution in [-0.2, 0) is 25.5 Å². The minimum absolute atomic E-state index is 0.00452. The zero-order chi connectivity index (χ0) is 18.8. The molecule has 6 nitrogen and oxygen atoms in total. The van der Waals surface area contributed by atoms with Crippen molar-refractivity contribution in [3.8, 4) is 0 Å². The zero-order valence-electron chi connectivity index (χ0n) is 15.3. The van der Waals surface area contributed by atoms with Crippen molar-refractivity contribution in [3.05, 3.63) is 34.9 Å². The minimum Gasteiger partial charge on any atom is -0.466 e. The van der Waals surface area contributed by atoms with Crippen molar-refractivity contribution in [2.75, 3.05) is 52.5 Å². The quantitative estimate of drug-likeness (QED) is 0.611. The monoisotopic (exact) mass is 382 g/mol. The van der Waals surface area contributed by atoms with E-state index in [0.29, 0.717) is 31.1 Å². The van der Waals surface area contributed by atoms with Gasteiger partial charge in [-0.3, -0.25) is 14.5 Å². The van der Waals surface area contributed by atoms with E-state index in [2.05, 4.69) is 4.90 Å². The van der Waals surface area contributed by atoms with E-state index in [0.717, 1.165) is 38.4 Å². The van der Waals surface area contributed by atoms with Gasteiger partial charge in [0.1, 0.15) is 0 Å². The topological polar surface area (TPSA) is 59.1 Å². The van der Waals surface area contributed by atoms with Crippen molar-refractivity contribution in [1.82, 2.24) is 9.80 Å². The predicted molar refractivity (Wildman–Crippen MR) is 100 cm³/mol. The van der Waals surface area contributed by atoms with Gasteiger partial charge in [0.2, 0.25) is 5.91 Å². The fourth-order valence-electron chi connectivity index (χ4n) is 2.80. The van der Waals surface area contributed by atoms with Crippen LogP contribution in [0.25, 0.3) is 0 Å². The lowest BCUT2D eigenvalue weighted by Crippen LogP contribution is -2.44. The van der Waals surface area contributed by atoms with Crippen molar-refractivity contribution in [2.45, 2.75) is 19.8 Å². The molecule has 1 heterocycles. The van der Waals surface area contributed by atoms with Crippen molar-refractivity contribution >= 4 is 23.5 Å². The summed E-state index contributed by atoms with van der Waals surface area (Å²) >= 11 is 5.90. The maximum absolute atomic E-state index is 12.7. The Kier molecular flexibility index (Phi) is 8.88. The number of hydrogen-bond acceptors (Lipinski definition) is 5. The first-order valence-corrected chi connectivity index (χ1v) is 9.44. The third kappa shape index (κ3) is 7.32. The van der Waals surface area contributed by atoms with E-state index in [9.17, 15) is 9.59 Å². The van der Waals surface area contributed by atoms with Gasteiger partial charge in [0, 0.05) is 37.7 Å². The molecule has 0 unspecified atom stereocenters. The summed E-state index contributed by atoms with van der Waals surface area (Å²) in [6.45, 7) is 7.06. The summed E-state index contributed by atoms with van der Waals surface area (Å²) < 4.78 is 10.3. The number of morpholine rings is 1. The standard InChI is InChI=1S/C19H27ClN2O4/c1-2-26-19(24)7-8-22(10-9-21-11-13-25-14-12-21)18(23)15-16-3-5-17(20)6-4-16/h3-6H,2,7-15H2,1H3. The van der Waals surface area contributed by atoms with Crippen LogP contribution in [0.4, 0.5) is 0 Å². The van der Waals surface area contributed by atoms with Gasteiger partial charge in [-0.05, 0) is 24.6 Å². The highest BCUT2D eigenvalue weighted by Crippen LogP contribution is 2.11. The number of carbonyl (C=O) groups is 2. The highest BCUT2D eigenvalue weighted by Gasteiger charge is 2.18. The molecule has 1 saturated heterocycles. The molecule has 0 N–H and O–H groups in total. The summed E-state index contributed by atoms with van der Waals surface area (Å²) in [6.07, 6.45) is 0.506. The van der Waals surface area contributed by atoms with Gasteiger partial charge in [-0.2, -0.15) is 0 Å². The van der Waals surface area contributed by atoms with Crippen LogP contribution in [0, 0.1) is 0 Å². The molecule has 0 saturated carbocycles. The largest absolute Gasteiger partial charge is 0.466 e. The summed E-state index contributed by atoms with van der Waals surface area (Å²) in [5.74, 6) is -0.270. The van der Waals surface area contributed by atoms with Gasteiger partial charge in [0.25, 0.3) is 0 Å². The summed E-state index contributed by atoms with van der Waals surface area (Å²) in [7, 11) is 0. The van der Waals surface area contributed by atoms with E-state index in [-0.39, 0.29) is 18.3 Å². The second-order valence-corrected chi connectivity index (χ2v) is 6.63. The second kappa shape index (κ2) is 11.2. The molecular weight excluding hydrogens is 356 g/mol. The van der Waals surface area contributed by atoms with Gasteiger partial charge >= 0.3 is 5.97 Å². The van der Waals surface area contributed by atoms with Crippen LogP contribution in [0.3, 0.4) is 0 Å². The Morgan fingerprint density at radius 2 is 1.88 bits per heavy atom. The van der Waals surface area contributed by atoms with Gasteiger partial charge < -0.3 is 14.4 Å². The molecule has 1 aromatic carbocycles. The normalized spacial score (nSPS) is 14.8. The number of halogens is 1. The number of benzene rings is 1. The lowest BCUT2D eigenvalue weighted by Gasteiger charge is -2.30. The first-order chi connectivity index (χ1) is 12.6. The molecule has 1 aromatic rings. The Balaban J connectivity index is 1.91. The van der Waals surface area contributed by atoms with Crippen molar-refractivity contribution in [1.29, 1.82) is 0 Å². The van der Waals surface area contributed by atoms with E-state index in [4.69, 9.17) is 21.1 Å². The van der Waals surface area contributed by atoms with Gasteiger partial charge in [-0.15, -0.1) is 0 Å². The molecule has 0 aromatic heterocycles. The predicted octanol–water partition coefficient (Wildman–Crippen LogP) is 2.00. The molecule has 1 aliphatic heterocycles. The first kappa shape index (κ1) is 20.7. The maximum Gasteiger partial charge on any atom is 0.307 e. The third-order valence-corrected chi connectivity index (χ3v) is 4.55. The van der Waals surface area contributed by atoms with Crippen molar-refractivity contribution < 1.29 is 19.1 Å². The highest BCUT2D eigenvalue weighted by atomic mass is 35.5. The summed E-state index contributed by atoms with van der Waals surface area (Å²) in [6, 6.07) is 7.26. The van der Waals surface area contributed by atoms with Crippen LogP contribution in [-0.4, -0.2) is 74.2 Å². The van der Waals surface area contributed by atoms with Crippen molar-refractivity contribution in [2.24, 2.45) is 0 Å². The number of hydrogen-bond donors (Lipinski definition) is 0. The first-order valence-electron chi connectivity index (χ1n) is 9.06. The maximum atomic E-state index is 12.7. The molecule has 26 heavy (non-hydrogen) atoms. The van der Waals surface area contributed by atoms with Crippen LogP contribution in [0.15, 0.2) is 24.3 Å². The molecule has 0 spiro atoms.